The van der Waals surface area contributed by atoms with Gasteiger partial charge in [-0.1, -0.05) is 12.1 Å². The van der Waals surface area contributed by atoms with Crippen LogP contribution in [0.15, 0.2) is 34.1 Å². The molecular formula is C6H5O2S3+. The van der Waals surface area contributed by atoms with Gasteiger partial charge in [-0.25, -0.2) is 0 Å². The third kappa shape index (κ3) is 2.61. The van der Waals surface area contributed by atoms with E-state index < -0.39 is 9.26 Å². The molecule has 0 N–H and O–H groups in total. The lowest BCUT2D eigenvalue weighted by atomic mass is 10.4. The van der Waals surface area contributed by atoms with E-state index in [2.05, 4.69) is 12.6 Å². The summed E-state index contributed by atoms with van der Waals surface area (Å²) in [4.78, 5) is 1.34. The molecule has 5 heteroatoms. The standard InChI is InChI=1S/C6H4O2S3/c7-11(8)10-6-4-2-1-3-5(6)9/h1-4H/p+1. The first-order valence-electron chi connectivity index (χ1n) is 2.76. The second-order valence-electron chi connectivity index (χ2n) is 1.76. The molecule has 0 aromatic heterocycles. The summed E-state index contributed by atoms with van der Waals surface area (Å²) >= 11 is 4.08. The fourth-order valence-electron chi connectivity index (χ4n) is 0.601. The molecule has 11 heavy (non-hydrogen) atoms. The lowest BCUT2D eigenvalue weighted by molar-refractivity contribution is 0.628. The Morgan fingerprint density at radius 1 is 1.27 bits per heavy atom. The van der Waals surface area contributed by atoms with Gasteiger partial charge in [0.2, 0.25) is 0 Å². The SMILES string of the molecule is O=S(=O)=[S+]c1ccccc1S. The molecule has 0 atom stereocenters. The molecule has 2 nitrogen and oxygen atoms in total. The van der Waals surface area contributed by atoms with E-state index in [0.29, 0.717) is 9.79 Å². The number of rotatable bonds is 1. The fraction of sp³-hybridized carbons (Fsp3) is 0. The Labute approximate surface area is 74.8 Å². The highest BCUT2D eigenvalue weighted by Crippen LogP contribution is 2.12. The first kappa shape index (κ1) is 8.70. The van der Waals surface area contributed by atoms with Crippen molar-refractivity contribution < 1.29 is 8.42 Å². The molecule has 1 rings (SSSR count). The van der Waals surface area contributed by atoms with Crippen molar-refractivity contribution in [1.82, 2.24) is 0 Å². The molecule has 0 aliphatic rings. The third-order valence-corrected chi connectivity index (χ3v) is 3.18. The van der Waals surface area contributed by atoms with Crippen molar-refractivity contribution in [2.24, 2.45) is 0 Å². The topological polar surface area (TPSA) is 34.1 Å². The molecule has 58 valence electrons. The van der Waals surface area contributed by atoms with Crippen molar-refractivity contribution in [3.05, 3.63) is 24.3 Å². The van der Waals surface area contributed by atoms with Crippen molar-refractivity contribution in [1.29, 1.82) is 0 Å². The maximum absolute atomic E-state index is 10.2. The molecule has 0 radical (unpaired) electrons. The van der Waals surface area contributed by atoms with Gasteiger partial charge in [0.25, 0.3) is 4.90 Å². The van der Waals surface area contributed by atoms with Crippen LogP contribution in [-0.4, -0.2) is 8.42 Å². The highest BCUT2D eigenvalue weighted by molar-refractivity contribution is 8.24. The molecule has 1 aromatic rings. The first-order valence-corrected chi connectivity index (χ1v) is 5.61. The molecule has 0 unspecified atom stereocenters. The lowest BCUT2D eigenvalue weighted by Crippen LogP contribution is -1.75. The molecule has 0 aliphatic carbocycles. The van der Waals surface area contributed by atoms with E-state index in [0.717, 1.165) is 10.3 Å². The Bertz CT molecular complexity index is 373. The molecule has 0 heterocycles. The van der Waals surface area contributed by atoms with Crippen LogP contribution >= 0.6 is 12.6 Å². The smallest absolute Gasteiger partial charge is 0.138 e. The van der Waals surface area contributed by atoms with Gasteiger partial charge in [0.1, 0.15) is 0 Å². The van der Waals surface area contributed by atoms with E-state index in [4.69, 9.17) is 0 Å². The zero-order chi connectivity index (χ0) is 8.27. The summed E-state index contributed by atoms with van der Waals surface area (Å²) < 4.78 is 20.5. The van der Waals surface area contributed by atoms with Crippen LogP contribution < -0.4 is 0 Å². The Kier molecular flexibility index (Phi) is 3.04. The average molecular weight is 205 g/mol. The quantitative estimate of drug-likeness (QED) is 0.552. The third-order valence-electron chi connectivity index (χ3n) is 1.02. The Balaban J connectivity index is 3.25. The van der Waals surface area contributed by atoms with Crippen LogP contribution in [0.5, 0.6) is 0 Å². The molecule has 0 saturated heterocycles. The van der Waals surface area contributed by atoms with Crippen molar-refractivity contribution in [3.63, 3.8) is 0 Å². The first-order chi connectivity index (χ1) is 5.20. The van der Waals surface area contributed by atoms with Crippen LogP contribution in [0.4, 0.5) is 0 Å². The predicted octanol–water partition coefficient (Wildman–Crippen LogP) is 1.21. The summed E-state index contributed by atoms with van der Waals surface area (Å²) in [5, 5.41) is 0. The van der Waals surface area contributed by atoms with Crippen LogP contribution in [-0.2, 0) is 19.6 Å². The minimum absolute atomic E-state index is 0.657. The van der Waals surface area contributed by atoms with Crippen LogP contribution in [0.25, 0.3) is 0 Å². The number of hydrogen-bond acceptors (Lipinski definition) is 3. The van der Waals surface area contributed by atoms with Gasteiger partial charge in [-0.3, -0.25) is 0 Å². The zero-order valence-corrected chi connectivity index (χ0v) is 7.92. The fourth-order valence-corrected chi connectivity index (χ4v) is 2.39. The van der Waals surface area contributed by atoms with Gasteiger partial charge in [-0.05, 0) is 6.07 Å². The minimum atomic E-state index is -2.11. The molecule has 0 bridgehead atoms. The van der Waals surface area contributed by atoms with E-state index in [-0.39, 0.29) is 0 Å². The number of benzene rings is 1. The molecule has 0 amide bonds. The normalized spacial score (nSPS) is 9.18. The second kappa shape index (κ2) is 3.85. The predicted molar refractivity (Wildman–Crippen MR) is 48.2 cm³/mol. The summed E-state index contributed by atoms with van der Waals surface area (Å²) in [7, 11) is -1.34. The molecule has 0 saturated carbocycles. The Hall–Kier alpha value is -0.390. The van der Waals surface area contributed by atoms with E-state index in [1.54, 1.807) is 24.3 Å². The summed E-state index contributed by atoms with van der Waals surface area (Å²) in [5.74, 6) is 0. The van der Waals surface area contributed by atoms with Gasteiger partial charge >= 0.3 is 19.6 Å². The molecule has 0 aliphatic heterocycles. The Morgan fingerprint density at radius 2 is 1.91 bits per heavy atom. The van der Waals surface area contributed by atoms with Gasteiger partial charge in [-0.2, -0.15) is 0 Å². The number of hydrogen-bond donors (Lipinski definition) is 1. The zero-order valence-electron chi connectivity index (χ0n) is 5.39. The van der Waals surface area contributed by atoms with Crippen molar-refractivity contribution in [3.8, 4) is 0 Å². The van der Waals surface area contributed by atoms with Crippen LogP contribution in [0.2, 0.25) is 0 Å². The van der Waals surface area contributed by atoms with E-state index in [9.17, 15) is 8.42 Å². The summed E-state index contributed by atoms with van der Waals surface area (Å²) in [6.07, 6.45) is 0. The van der Waals surface area contributed by atoms with E-state index in [1.165, 1.54) is 0 Å². The largest absolute Gasteiger partial charge is 0.478 e. The second-order valence-corrected chi connectivity index (χ2v) is 4.57. The molecular weight excluding hydrogens is 200 g/mol. The van der Waals surface area contributed by atoms with Crippen molar-refractivity contribution in [2.45, 2.75) is 9.79 Å². The van der Waals surface area contributed by atoms with Gasteiger partial charge in [0.05, 0.1) is 4.90 Å². The van der Waals surface area contributed by atoms with E-state index in [1.807, 2.05) is 0 Å². The maximum Gasteiger partial charge on any atom is 0.478 e. The van der Waals surface area contributed by atoms with Gasteiger partial charge < -0.3 is 0 Å². The van der Waals surface area contributed by atoms with Crippen LogP contribution in [0, 0.1) is 0 Å². The van der Waals surface area contributed by atoms with Gasteiger partial charge in [0, 0.05) is 6.07 Å². The summed E-state index contributed by atoms with van der Waals surface area (Å²) in [5.41, 5.74) is 0. The lowest BCUT2D eigenvalue weighted by Gasteiger charge is -1.82. The van der Waals surface area contributed by atoms with Crippen molar-refractivity contribution in [2.75, 3.05) is 0 Å². The highest BCUT2D eigenvalue weighted by Gasteiger charge is 2.08. The molecule has 0 fully saturated rings. The van der Waals surface area contributed by atoms with Crippen molar-refractivity contribution >= 4 is 32.2 Å². The van der Waals surface area contributed by atoms with Crippen LogP contribution in [0.3, 0.4) is 0 Å². The number of thiol groups is 1. The van der Waals surface area contributed by atoms with Gasteiger partial charge in [0.15, 0.2) is 0 Å². The minimum Gasteiger partial charge on any atom is -0.138 e. The monoisotopic (exact) mass is 205 g/mol. The molecule has 1 aromatic carbocycles. The summed E-state index contributed by atoms with van der Waals surface area (Å²) in [6.45, 7) is 0. The maximum atomic E-state index is 10.2. The van der Waals surface area contributed by atoms with Gasteiger partial charge in [-0.15, -0.1) is 21.0 Å². The summed E-state index contributed by atoms with van der Waals surface area (Å²) in [6, 6.07) is 7.04. The molecule has 0 spiro atoms. The van der Waals surface area contributed by atoms with E-state index >= 15 is 0 Å². The highest BCUT2D eigenvalue weighted by atomic mass is 32.8. The Morgan fingerprint density at radius 3 is 2.45 bits per heavy atom. The average Bonchev–Trinajstić information content (AvgIpc) is 1.93. The van der Waals surface area contributed by atoms with Crippen LogP contribution in [0.1, 0.15) is 0 Å².